The van der Waals surface area contributed by atoms with E-state index in [4.69, 9.17) is 18.0 Å². The highest BCUT2D eigenvalue weighted by atomic mass is 35.5. The number of benzene rings is 1. The lowest BCUT2D eigenvalue weighted by Crippen LogP contribution is -2.36. The fourth-order valence-corrected chi connectivity index (χ4v) is 3.00. The molecule has 2 N–H and O–H groups in total. The molecule has 0 aliphatic carbocycles. The summed E-state index contributed by atoms with van der Waals surface area (Å²) in [5.74, 6) is 2.99. The van der Waals surface area contributed by atoms with Gasteiger partial charge in [0.2, 0.25) is 5.95 Å². The second-order valence-corrected chi connectivity index (χ2v) is 6.23. The van der Waals surface area contributed by atoms with E-state index in [1.165, 1.54) is 4.57 Å². The average Bonchev–Trinajstić information content (AvgIpc) is 2.63. The van der Waals surface area contributed by atoms with Crippen LogP contribution >= 0.6 is 11.6 Å². The molecule has 6 heteroatoms. The highest BCUT2D eigenvalue weighted by Gasteiger charge is 2.20. The maximum Gasteiger partial charge on any atom is 0.260 e. The van der Waals surface area contributed by atoms with E-state index < -0.39 is 0 Å². The van der Waals surface area contributed by atoms with E-state index in [0.29, 0.717) is 23.1 Å². The van der Waals surface area contributed by atoms with Crippen molar-refractivity contribution in [1.82, 2.24) is 14.9 Å². The highest BCUT2D eigenvalue weighted by molar-refractivity contribution is 6.30. The molecule has 0 bridgehead atoms. The molecule has 25 heavy (non-hydrogen) atoms. The second-order valence-electron chi connectivity index (χ2n) is 5.79. The maximum atomic E-state index is 12.8. The van der Waals surface area contributed by atoms with Gasteiger partial charge in [-0.1, -0.05) is 35.7 Å². The summed E-state index contributed by atoms with van der Waals surface area (Å²) in [5, 5.41) is 7.15. The minimum atomic E-state index is -0.215. The van der Waals surface area contributed by atoms with Crippen molar-refractivity contribution in [3.63, 3.8) is 0 Å². The Balaban J connectivity index is 2.01. The van der Waals surface area contributed by atoms with Crippen LogP contribution in [0.2, 0.25) is 5.02 Å². The van der Waals surface area contributed by atoms with Crippen molar-refractivity contribution in [1.29, 1.82) is 0 Å². The quantitative estimate of drug-likeness (QED) is 0.640. The molecule has 1 aliphatic heterocycles. The molecule has 2 heterocycles. The van der Waals surface area contributed by atoms with Crippen LogP contribution < -0.4 is 16.2 Å². The summed E-state index contributed by atoms with van der Waals surface area (Å²) >= 11 is 5.95. The summed E-state index contributed by atoms with van der Waals surface area (Å²) in [5.41, 5.74) is 2.38. The number of rotatable bonds is 5. The van der Waals surface area contributed by atoms with Crippen LogP contribution in [0.5, 0.6) is 0 Å². The van der Waals surface area contributed by atoms with E-state index in [9.17, 15) is 4.79 Å². The lowest BCUT2D eigenvalue weighted by atomic mass is 10.1. The van der Waals surface area contributed by atoms with Crippen LogP contribution in [0.25, 0.3) is 0 Å². The molecule has 0 unspecified atom stereocenters. The Labute approximate surface area is 151 Å². The van der Waals surface area contributed by atoms with Gasteiger partial charge in [-0.25, -0.2) is 4.98 Å². The predicted octanol–water partition coefficient (Wildman–Crippen LogP) is 2.51. The van der Waals surface area contributed by atoms with Crippen LogP contribution in [-0.4, -0.2) is 16.1 Å². The van der Waals surface area contributed by atoms with Crippen molar-refractivity contribution in [2.45, 2.75) is 25.6 Å². The normalized spacial score (nSPS) is 14.2. The first-order chi connectivity index (χ1) is 12.1. The zero-order valence-electron chi connectivity index (χ0n) is 13.8. The Hall–Kier alpha value is -2.55. The number of halogens is 1. The molecule has 1 atom stereocenters. The van der Waals surface area contributed by atoms with E-state index in [2.05, 4.69) is 28.1 Å². The Morgan fingerprint density at radius 1 is 1.48 bits per heavy atom. The smallest absolute Gasteiger partial charge is 0.260 e. The van der Waals surface area contributed by atoms with Crippen molar-refractivity contribution >= 4 is 17.5 Å². The maximum absolute atomic E-state index is 12.8. The number of hydrogen-bond donors (Lipinski definition) is 2. The number of nitrogens with one attached hydrogen (secondary N) is 2. The third kappa shape index (κ3) is 3.60. The molecular weight excluding hydrogens is 336 g/mol. The fraction of sp³-hybridized carbons (Fsp3) is 0.263. The Bertz CT molecular complexity index is 880. The highest BCUT2D eigenvalue weighted by Crippen LogP contribution is 2.22. The molecule has 0 saturated heterocycles. The van der Waals surface area contributed by atoms with Gasteiger partial charge in [-0.05, 0) is 17.7 Å². The van der Waals surface area contributed by atoms with Crippen LogP contribution in [0.1, 0.15) is 22.9 Å². The van der Waals surface area contributed by atoms with Crippen LogP contribution in [0, 0.1) is 12.3 Å². The minimum absolute atomic E-state index is 0.100. The van der Waals surface area contributed by atoms with Crippen LogP contribution in [0.3, 0.4) is 0 Å². The van der Waals surface area contributed by atoms with Crippen LogP contribution in [0.4, 0.5) is 5.95 Å². The van der Waals surface area contributed by atoms with Gasteiger partial charge in [-0.2, -0.15) is 0 Å². The van der Waals surface area contributed by atoms with Gasteiger partial charge in [-0.3, -0.25) is 9.36 Å². The summed E-state index contributed by atoms with van der Waals surface area (Å²) in [4.78, 5) is 17.4. The lowest BCUT2D eigenvalue weighted by Gasteiger charge is -2.22. The number of nitrogens with zero attached hydrogens (tertiary/aromatic N) is 2. The van der Waals surface area contributed by atoms with E-state index in [1.54, 1.807) is 6.08 Å². The van der Waals surface area contributed by atoms with E-state index >= 15 is 0 Å². The second kappa shape index (κ2) is 7.56. The number of anilines is 1. The first-order valence-corrected chi connectivity index (χ1v) is 8.43. The Kier molecular flexibility index (Phi) is 5.22. The molecule has 0 fully saturated rings. The molecule has 0 saturated carbocycles. The molecule has 1 aliphatic rings. The number of terminal acetylenes is 1. The fourth-order valence-electron chi connectivity index (χ4n) is 2.88. The summed E-state index contributed by atoms with van der Waals surface area (Å²) in [6.45, 7) is 5.37. The van der Waals surface area contributed by atoms with E-state index in [-0.39, 0.29) is 18.1 Å². The standard InChI is InChI=1S/C19H19ClN4O/c1-3-11-24-18(25)15-12-21-10-9-17(15)23-19(24)22-16(4-2)13-5-7-14(20)8-6-13/h1,4-8,16,21H,2,9-12H2,(H,22,23)/t16-/m0/s1. The largest absolute Gasteiger partial charge is 0.345 e. The molecule has 0 amide bonds. The predicted molar refractivity (Wildman–Crippen MR) is 101 cm³/mol. The van der Waals surface area contributed by atoms with Crippen molar-refractivity contribution in [2.24, 2.45) is 0 Å². The van der Waals surface area contributed by atoms with E-state index in [1.807, 2.05) is 24.3 Å². The van der Waals surface area contributed by atoms with Gasteiger partial charge in [-0.15, -0.1) is 13.0 Å². The lowest BCUT2D eigenvalue weighted by molar-refractivity contribution is 0.602. The molecule has 2 aromatic rings. The van der Waals surface area contributed by atoms with Crippen molar-refractivity contribution < 1.29 is 0 Å². The summed E-state index contributed by atoms with van der Waals surface area (Å²) in [7, 11) is 0. The van der Waals surface area contributed by atoms with E-state index in [0.717, 1.165) is 24.2 Å². The SMILES string of the molecule is C#CCn1c(N[C@@H](C=C)c2ccc(Cl)cc2)nc2c(c1=O)CNCC2. The summed E-state index contributed by atoms with van der Waals surface area (Å²) in [6.07, 6.45) is 7.93. The molecule has 1 aromatic heterocycles. The van der Waals surface area contributed by atoms with Gasteiger partial charge >= 0.3 is 0 Å². The number of fused-ring (bicyclic) bond motifs is 1. The Morgan fingerprint density at radius 2 is 2.24 bits per heavy atom. The molecule has 1 aromatic carbocycles. The molecule has 0 spiro atoms. The Morgan fingerprint density at radius 3 is 2.92 bits per heavy atom. The van der Waals surface area contributed by atoms with Gasteiger partial charge in [0, 0.05) is 24.5 Å². The van der Waals surface area contributed by atoms with Crippen molar-refractivity contribution in [2.75, 3.05) is 11.9 Å². The number of hydrogen-bond acceptors (Lipinski definition) is 4. The summed E-state index contributed by atoms with van der Waals surface area (Å²) < 4.78 is 1.50. The average molecular weight is 355 g/mol. The van der Waals surface area contributed by atoms with Gasteiger partial charge in [0.1, 0.15) is 0 Å². The van der Waals surface area contributed by atoms with Crippen molar-refractivity contribution in [3.8, 4) is 12.3 Å². The molecule has 5 nitrogen and oxygen atoms in total. The monoisotopic (exact) mass is 354 g/mol. The zero-order chi connectivity index (χ0) is 17.8. The van der Waals surface area contributed by atoms with Gasteiger partial charge in [0.15, 0.2) is 0 Å². The molecule has 128 valence electrons. The third-order valence-electron chi connectivity index (χ3n) is 4.19. The first kappa shape index (κ1) is 17.3. The van der Waals surface area contributed by atoms with Gasteiger partial charge in [0.25, 0.3) is 5.56 Å². The van der Waals surface area contributed by atoms with Crippen LogP contribution in [0.15, 0.2) is 41.7 Å². The topological polar surface area (TPSA) is 59.0 Å². The third-order valence-corrected chi connectivity index (χ3v) is 4.44. The van der Waals surface area contributed by atoms with Gasteiger partial charge < -0.3 is 10.6 Å². The molecule has 3 rings (SSSR count). The van der Waals surface area contributed by atoms with Crippen LogP contribution in [-0.2, 0) is 19.5 Å². The molecular formula is C19H19ClN4O. The zero-order valence-corrected chi connectivity index (χ0v) is 14.5. The summed E-state index contributed by atoms with van der Waals surface area (Å²) in [6, 6.07) is 7.24. The minimum Gasteiger partial charge on any atom is -0.345 e. The number of aromatic nitrogens is 2. The van der Waals surface area contributed by atoms with Crippen molar-refractivity contribution in [3.05, 3.63) is 69.1 Å². The first-order valence-electron chi connectivity index (χ1n) is 8.05. The van der Waals surface area contributed by atoms with Gasteiger partial charge in [0.05, 0.1) is 23.8 Å². The molecule has 0 radical (unpaired) electrons.